The molecule has 0 saturated carbocycles. The molecule has 0 aliphatic carbocycles. The Labute approximate surface area is 138 Å². The molecule has 1 aromatic carbocycles. The van der Waals surface area contributed by atoms with Crippen molar-refractivity contribution < 1.29 is 9.59 Å². The number of carbonyl (C=O) groups excluding carboxylic acids is 2. The van der Waals surface area contributed by atoms with Gasteiger partial charge in [-0.15, -0.1) is 0 Å². The van der Waals surface area contributed by atoms with Crippen molar-refractivity contribution >= 4 is 23.2 Å². The summed E-state index contributed by atoms with van der Waals surface area (Å²) < 4.78 is 0. The van der Waals surface area contributed by atoms with Gasteiger partial charge in [-0.25, -0.2) is 0 Å². The van der Waals surface area contributed by atoms with Crippen LogP contribution in [-0.2, 0) is 4.79 Å². The van der Waals surface area contributed by atoms with Crippen LogP contribution in [0.5, 0.6) is 0 Å². The average molecular weight is 317 g/mol. The van der Waals surface area contributed by atoms with E-state index in [9.17, 15) is 9.59 Å². The Morgan fingerprint density at radius 2 is 1.91 bits per heavy atom. The van der Waals surface area contributed by atoms with Crippen LogP contribution in [0.2, 0.25) is 0 Å². The fourth-order valence-corrected chi connectivity index (χ4v) is 2.60. The van der Waals surface area contributed by atoms with Crippen molar-refractivity contribution in [2.75, 3.05) is 17.2 Å². The Balaban J connectivity index is 2.04. The highest BCUT2D eigenvalue weighted by atomic mass is 16.2. The molecule has 1 atom stereocenters. The molecule has 0 bridgehead atoms. The minimum Gasteiger partial charge on any atom is -0.372 e. The summed E-state index contributed by atoms with van der Waals surface area (Å²) in [6, 6.07) is 5.17. The maximum absolute atomic E-state index is 12.2. The maximum atomic E-state index is 12.2. The third-order valence-corrected chi connectivity index (χ3v) is 3.90. The Morgan fingerprint density at radius 1 is 1.17 bits per heavy atom. The number of hydrogen-bond acceptors (Lipinski definition) is 3. The second-order valence-corrected chi connectivity index (χ2v) is 7.01. The number of benzene rings is 1. The summed E-state index contributed by atoms with van der Waals surface area (Å²) in [4.78, 5) is 24.3. The van der Waals surface area contributed by atoms with Crippen LogP contribution < -0.4 is 16.0 Å². The molecule has 0 unspecified atom stereocenters. The lowest BCUT2D eigenvalue weighted by Crippen LogP contribution is -2.39. The van der Waals surface area contributed by atoms with E-state index in [-0.39, 0.29) is 17.9 Å². The first-order chi connectivity index (χ1) is 10.9. The van der Waals surface area contributed by atoms with Crippen LogP contribution in [0.1, 0.15) is 50.9 Å². The Morgan fingerprint density at radius 3 is 2.57 bits per heavy atom. The molecule has 2 rings (SSSR count). The molecule has 1 heterocycles. The molecule has 5 heteroatoms. The van der Waals surface area contributed by atoms with Gasteiger partial charge in [0.2, 0.25) is 5.91 Å². The van der Waals surface area contributed by atoms with Crippen molar-refractivity contribution in [2.45, 2.75) is 46.6 Å². The predicted octanol–water partition coefficient (Wildman–Crippen LogP) is 3.24. The van der Waals surface area contributed by atoms with Gasteiger partial charge < -0.3 is 16.0 Å². The van der Waals surface area contributed by atoms with Gasteiger partial charge in [-0.2, -0.15) is 0 Å². The van der Waals surface area contributed by atoms with E-state index in [1.165, 1.54) is 0 Å². The summed E-state index contributed by atoms with van der Waals surface area (Å²) >= 11 is 0. The molecule has 0 spiro atoms. The van der Waals surface area contributed by atoms with Gasteiger partial charge in [0, 0.05) is 12.1 Å². The van der Waals surface area contributed by atoms with Gasteiger partial charge in [0.25, 0.3) is 5.91 Å². The third-order valence-electron chi connectivity index (χ3n) is 3.90. The summed E-state index contributed by atoms with van der Waals surface area (Å²) in [5, 5.41) is 9.07. The molecule has 1 aliphatic heterocycles. The standard InChI is InChI=1S/C18H27N3O2/c1-11(2)7-8-19-17(22)13-5-6-14-15(10-13)21-18(23)16(20-14)9-12(3)4/h5-6,10-12,16,20H,7-9H2,1-4H3,(H,19,22)(H,21,23)/t16-/m1/s1. The fraction of sp³-hybridized carbons (Fsp3) is 0.556. The normalized spacial score (nSPS) is 16.8. The van der Waals surface area contributed by atoms with Crippen molar-refractivity contribution in [3.8, 4) is 0 Å². The minimum atomic E-state index is -0.215. The molecule has 2 amide bonds. The lowest BCUT2D eigenvalue weighted by Gasteiger charge is -2.28. The zero-order chi connectivity index (χ0) is 17.0. The van der Waals surface area contributed by atoms with Crippen LogP contribution in [0, 0.1) is 11.8 Å². The van der Waals surface area contributed by atoms with E-state index in [2.05, 4.69) is 43.6 Å². The number of carbonyl (C=O) groups is 2. The Bertz CT molecular complexity index is 582. The van der Waals surface area contributed by atoms with Crippen molar-refractivity contribution in [1.82, 2.24) is 5.32 Å². The van der Waals surface area contributed by atoms with Crippen LogP contribution in [0.15, 0.2) is 18.2 Å². The van der Waals surface area contributed by atoms with Gasteiger partial charge in [-0.3, -0.25) is 9.59 Å². The van der Waals surface area contributed by atoms with Gasteiger partial charge in [0.05, 0.1) is 11.4 Å². The van der Waals surface area contributed by atoms with E-state index >= 15 is 0 Å². The SMILES string of the molecule is CC(C)CCNC(=O)c1ccc2c(c1)NC(=O)[C@@H](CC(C)C)N2. The first kappa shape index (κ1) is 17.3. The molecule has 1 aromatic rings. The van der Waals surface area contributed by atoms with E-state index in [0.717, 1.165) is 18.5 Å². The zero-order valence-corrected chi connectivity index (χ0v) is 14.4. The Kier molecular flexibility index (Phi) is 5.64. The fourth-order valence-electron chi connectivity index (χ4n) is 2.60. The van der Waals surface area contributed by atoms with Gasteiger partial charge in [0.1, 0.15) is 6.04 Å². The van der Waals surface area contributed by atoms with Crippen LogP contribution >= 0.6 is 0 Å². The van der Waals surface area contributed by atoms with Gasteiger partial charge in [-0.1, -0.05) is 27.7 Å². The van der Waals surface area contributed by atoms with E-state index in [4.69, 9.17) is 0 Å². The van der Waals surface area contributed by atoms with Gasteiger partial charge in [-0.05, 0) is 42.9 Å². The molecule has 0 fully saturated rings. The van der Waals surface area contributed by atoms with Crippen LogP contribution in [0.3, 0.4) is 0 Å². The summed E-state index contributed by atoms with van der Waals surface area (Å²) in [5.41, 5.74) is 2.11. The Hall–Kier alpha value is -2.04. The molecule has 0 aromatic heterocycles. The number of amides is 2. The number of anilines is 2. The first-order valence-electron chi connectivity index (χ1n) is 8.36. The maximum Gasteiger partial charge on any atom is 0.251 e. The highest BCUT2D eigenvalue weighted by Gasteiger charge is 2.26. The highest BCUT2D eigenvalue weighted by molar-refractivity contribution is 6.05. The van der Waals surface area contributed by atoms with Gasteiger partial charge in [0.15, 0.2) is 0 Å². The quantitative estimate of drug-likeness (QED) is 0.754. The summed E-state index contributed by atoms with van der Waals surface area (Å²) in [6.07, 6.45) is 1.73. The molecule has 126 valence electrons. The summed E-state index contributed by atoms with van der Waals surface area (Å²) in [6.45, 7) is 9.10. The molecular weight excluding hydrogens is 290 g/mol. The summed E-state index contributed by atoms with van der Waals surface area (Å²) in [7, 11) is 0. The van der Waals surface area contributed by atoms with E-state index < -0.39 is 0 Å². The van der Waals surface area contributed by atoms with Crippen molar-refractivity contribution in [2.24, 2.45) is 11.8 Å². The van der Waals surface area contributed by atoms with Crippen molar-refractivity contribution in [1.29, 1.82) is 0 Å². The van der Waals surface area contributed by atoms with E-state index in [1.54, 1.807) is 12.1 Å². The molecule has 23 heavy (non-hydrogen) atoms. The van der Waals surface area contributed by atoms with Crippen LogP contribution in [0.4, 0.5) is 11.4 Å². The zero-order valence-electron chi connectivity index (χ0n) is 14.4. The number of nitrogens with one attached hydrogen (secondary N) is 3. The second-order valence-electron chi connectivity index (χ2n) is 7.01. The minimum absolute atomic E-state index is 0.0384. The average Bonchev–Trinajstić information content (AvgIpc) is 2.46. The van der Waals surface area contributed by atoms with Crippen molar-refractivity contribution in [3.05, 3.63) is 23.8 Å². The largest absolute Gasteiger partial charge is 0.372 e. The first-order valence-corrected chi connectivity index (χ1v) is 8.36. The topological polar surface area (TPSA) is 70.2 Å². The monoisotopic (exact) mass is 317 g/mol. The number of rotatable bonds is 6. The van der Waals surface area contributed by atoms with Crippen molar-refractivity contribution in [3.63, 3.8) is 0 Å². The third kappa shape index (κ3) is 4.71. The van der Waals surface area contributed by atoms with E-state index in [0.29, 0.717) is 29.6 Å². The van der Waals surface area contributed by atoms with E-state index in [1.807, 2.05) is 6.07 Å². The highest BCUT2D eigenvalue weighted by Crippen LogP contribution is 2.29. The van der Waals surface area contributed by atoms with Gasteiger partial charge >= 0.3 is 0 Å². The summed E-state index contributed by atoms with van der Waals surface area (Å²) in [5.74, 6) is 0.849. The molecule has 0 saturated heterocycles. The lowest BCUT2D eigenvalue weighted by molar-refractivity contribution is -0.117. The number of fused-ring (bicyclic) bond motifs is 1. The second kappa shape index (κ2) is 7.49. The molecular formula is C18H27N3O2. The number of hydrogen-bond donors (Lipinski definition) is 3. The van der Waals surface area contributed by atoms with Crippen LogP contribution in [-0.4, -0.2) is 24.4 Å². The lowest BCUT2D eigenvalue weighted by atomic mass is 10.00. The smallest absolute Gasteiger partial charge is 0.251 e. The van der Waals surface area contributed by atoms with Crippen LogP contribution in [0.25, 0.3) is 0 Å². The molecule has 1 aliphatic rings. The predicted molar refractivity (Wildman–Crippen MR) is 93.7 cm³/mol. The molecule has 0 radical (unpaired) electrons. The molecule has 3 N–H and O–H groups in total. The molecule has 5 nitrogen and oxygen atoms in total.